The van der Waals surface area contributed by atoms with Gasteiger partial charge in [0, 0.05) is 22.8 Å². The Morgan fingerprint density at radius 2 is 1.78 bits per heavy atom. The molecule has 0 aromatic heterocycles. The first-order valence-corrected chi connectivity index (χ1v) is 17.7. The van der Waals surface area contributed by atoms with E-state index in [1.165, 1.54) is 6.92 Å². The minimum Gasteiger partial charge on any atom is -0.548 e. The summed E-state index contributed by atoms with van der Waals surface area (Å²) in [6.45, 7) is 8.14. The van der Waals surface area contributed by atoms with Gasteiger partial charge in [-0.15, -0.1) is 0 Å². The van der Waals surface area contributed by atoms with Gasteiger partial charge in [0.05, 0.1) is 18.5 Å². The predicted octanol–water partition coefficient (Wildman–Crippen LogP) is 2.29. The largest absolute Gasteiger partial charge is 0.548 e. The van der Waals surface area contributed by atoms with Crippen LogP contribution in [-0.4, -0.2) is 75.0 Å². The van der Waals surface area contributed by atoms with Crippen molar-refractivity contribution in [3.8, 4) is 0 Å². The molecule has 0 heterocycles. The van der Waals surface area contributed by atoms with E-state index in [4.69, 9.17) is 19.9 Å². The summed E-state index contributed by atoms with van der Waals surface area (Å²) in [5.41, 5.74) is 6.58. The van der Waals surface area contributed by atoms with Crippen LogP contribution < -0.4 is 16.2 Å². The van der Waals surface area contributed by atoms with Crippen molar-refractivity contribution in [2.75, 3.05) is 24.4 Å². The van der Waals surface area contributed by atoms with E-state index < -0.39 is 73.1 Å². The van der Waals surface area contributed by atoms with E-state index in [1.807, 2.05) is 6.07 Å². The highest BCUT2D eigenvalue weighted by molar-refractivity contribution is 8.79. The average molecular weight is 635 g/mol. The lowest BCUT2D eigenvalue weighted by atomic mass is 9.97. The zero-order valence-electron chi connectivity index (χ0n) is 24.4. The Morgan fingerprint density at radius 1 is 1.15 bits per heavy atom. The molecule has 0 aliphatic rings. The predicted molar refractivity (Wildman–Crippen MR) is 160 cm³/mol. The Balaban J connectivity index is 3.21. The first-order valence-electron chi connectivity index (χ1n) is 13.2. The Morgan fingerprint density at radius 3 is 2.32 bits per heavy atom. The van der Waals surface area contributed by atoms with Crippen LogP contribution in [0.2, 0.25) is 0 Å². The molecular formula is C27H42N2O9S3. The fourth-order valence-corrected chi connectivity index (χ4v) is 8.00. The Hall–Kier alpha value is -2.29. The summed E-state index contributed by atoms with van der Waals surface area (Å²) < 4.78 is 26.8. The molecule has 14 heteroatoms. The van der Waals surface area contributed by atoms with E-state index in [0.29, 0.717) is 24.3 Å². The fourth-order valence-electron chi connectivity index (χ4n) is 3.43. The second-order valence-electron chi connectivity index (χ2n) is 10.2. The number of rotatable bonds is 16. The highest BCUT2D eigenvalue weighted by atomic mass is 33.1. The molecule has 1 amide bonds. The molecule has 0 saturated heterocycles. The van der Waals surface area contributed by atoms with Crippen LogP contribution in [0.3, 0.4) is 0 Å². The van der Waals surface area contributed by atoms with Crippen LogP contribution >= 0.6 is 10.8 Å². The van der Waals surface area contributed by atoms with Gasteiger partial charge in [0.1, 0.15) is 39.7 Å². The number of carboxylic acids is 1. The van der Waals surface area contributed by atoms with E-state index in [1.54, 1.807) is 58.2 Å². The van der Waals surface area contributed by atoms with E-state index in [2.05, 4.69) is 5.32 Å². The van der Waals surface area contributed by atoms with Crippen molar-refractivity contribution in [2.45, 2.75) is 77.0 Å². The number of carboxylic acid groups (broad SMARTS) is 1. The molecule has 1 rings (SSSR count). The molecule has 0 radical (unpaired) electrons. The molecule has 6 atom stereocenters. The molecule has 0 spiro atoms. The van der Waals surface area contributed by atoms with Gasteiger partial charge >= 0.3 is 11.5 Å². The first-order chi connectivity index (χ1) is 19.1. The van der Waals surface area contributed by atoms with E-state index in [-0.39, 0.29) is 13.0 Å². The molecule has 41 heavy (non-hydrogen) atoms. The van der Waals surface area contributed by atoms with Crippen LogP contribution in [0.4, 0.5) is 9.59 Å². The number of aliphatic carboxylic acids is 1. The molecule has 1 aromatic carbocycles. The van der Waals surface area contributed by atoms with Crippen LogP contribution in [0, 0.1) is 5.92 Å². The monoisotopic (exact) mass is 634 g/mol. The Labute approximate surface area is 251 Å². The van der Waals surface area contributed by atoms with Crippen LogP contribution in [0.15, 0.2) is 30.3 Å². The third-order valence-corrected chi connectivity index (χ3v) is 10.4. The van der Waals surface area contributed by atoms with Gasteiger partial charge in [-0.25, -0.2) is 4.79 Å². The van der Waals surface area contributed by atoms with Gasteiger partial charge in [-0.05, 0) is 59.4 Å². The maximum absolute atomic E-state index is 13.5. The smallest absolute Gasteiger partial charge is 0.539 e. The summed E-state index contributed by atoms with van der Waals surface area (Å²) in [6, 6.07) is 7.34. The van der Waals surface area contributed by atoms with Gasteiger partial charge in [-0.2, -0.15) is 4.79 Å². The highest BCUT2D eigenvalue weighted by Gasteiger charge is 2.42. The number of nitrogens with two attached hydrogens (primary N) is 1. The molecule has 232 valence electrons. The maximum atomic E-state index is 13.5. The van der Waals surface area contributed by atoms with Crippen LogP contribution in [0.25, 0.3) is 0 Å². The molecule has 6 unspecified atom stereocenters. The Kier molecular flexibility index (Phi) is 16.4. The van der Waals surface area contributed by atoms with Gasteiger partial charge in [0.25, 0.3) is 0 Å². The van der Waals surface area contributed by atoms with Crippen molar-refractivity contribution < 1.29 is 42.7 Å². The molecule has 0 aliphatic carbocycles. The number of carbonyl (C=O) groups excluding carboxylic acids is 4. The second-order valence-corrected chi connectivity index (χ2v) is 15.7. The summed E-state index contributed by atoms with van der Waals surface area (Å²) >= 11 is 0. The van der Waals surface area contributed by atoms with Gasteiger partial charge in [0.15, 0.2) is 9.93 Å². The van der Waals surface area contributed by atoms with Crippen molar-refractivity contribution >= 4 is 54.9 Å². The summed E-state index contributed by atoms with van der Waals surface area (Å²) in [6.07, 6.45) is 0.626. The quantitative estimate of drug-likeness (QED) is 0.0898. The lowest BCUT2D eigenvalue weighted by Crippen LogP contribution is -2.57. The molecule has 0 bridgehead atoms. The van der Waals surface area contributed by atoms with E-state index >= 15 is 0 Å². The minimum atomic E-state index is -1.68. The summed E-state index contributed by atoms with van der Waals surface area (Å²) in [4.78, 5) is 50.2. The average Bonchev–Trinajstić information content (AvgIpc) is 2.86. The normalized spacial score (nSPS) is 15.9. The number of hydrogen-bond donors (Lipinski definition) is 2. The number of ether oxygens (including phenoxy) is 3. The van der Waals surface area contributed by atoms with Crippen molar-refractivity contribution in [1.29, 1.82) is 0 Å². The highest BCUT2D eigenvalue weighted by Crippen LogP contribution is 2.31. The van der Waals surface area contributed by atoms with Gasteiger partial charge in [-0.1, -0.05) is 30.3 Å². The summed E-state index contributed by atoms with van der Waals surface area (Å²) in [5.74, 6) is -2.43. The van der Waals surface area contributed by atoms with Gasteiger partial charge in [0.2, 0.25) is 5.91 Å². The molecular weight excluding hydrogens is 593 g/mol. The molecule has 1 aromatic rings. The van der Waals surface area contributed by atoms with Crippen molar-refractivity contribution in [2.24, 2.45) is 11.7 Å². The zero-order valence-corrected chi connectivity index (χ0v) is 26.9. The maximum Gasteiger partial charge on any atom is 0.539 e. The standard InChI is InChI=1S/C27H42N2O9S3/c1-7-36-25(33)37-18(2)21(24(31)32)29-23(30)20(17-19-13-9-8-10-14-19)22(28)39-41(16-12-11-15-40(6)35)26(34)38-27(3,4)5/h8-10,13-14,18,20-22H,7,11-12,15-17,28H2,1-6H3,(H-,29,30,31,32). The third-order valence-electron chi connectivity index (χ3n) is 5.41. The van der Waals surface area contributed by atoms with Crippen LogP contribution in [0.5, 0.6) is 0 Å². The van der Waals surface area contributed by atoms with Crippen molar-refractivity contribution in [3.63, 3.8) is 0 Å². The molecule has 3 N–H and O–H groups in total. The minimum absolute atomic E-state index is 0.0228. The first kappa shape index (κ1) is 36.7. The number of hydrogen-bond acceptors (Lipinski definition) is 11. The molecule has 11 nitrogen and oxygen atoms in total. The number of unbranched alkanes of at least 4 members (excludes halogenated alkanes) is 1. The third kappa shape index (κ3) is 15.0. The lowest BCUT2D eigenvalue weighted by molar-refractivity contribution is -0.310. The number of amides is 1. The lowest BCUT2D eigenvalue weighted by Gasteiger charge is -2.29. The Bertz CT molecular complexity index is 1020. The topological polar surface area (TPSA) is 174 Å². The van der Waals surface area contributed by atoms with Crippen LogP contribution in [-0.2, 0) is 50.9 Å². The fraction of sp³-hybridized carbons (Fsp3) is 0.630. The molecule has 0 aliphatic heterocycles. The van der Waals surface area contributed by atoms with E-state index in [0.717, 1.165) is 16.4 Å². The van der Waals surface area contributed by atoms with Gasteiger partial charge in [-0.3, -0.25) is 9.00 Å². The van der Waals surface area contributed by atoms with Crippen molar-refractivity contribution in [3.05, 3.63) is 35.9 Å². The van der Waals surface area contributed by atoms with Gasteiger partial charge < -0.3 is 35.2 Å². The molecule has 0 fully saturated rings. The number of benzene rings is 1. The van der Waals surface area contributed by atoms with Crippen LogP contribution in [0.1, 0.15) is 53.0 Å². The zero-order chi connectivity index (χ0) is 31.2. The molecule has 0 saturated carbocycles. The number of carbonyl (C=O) groups is 4. The SMILES string of the molecule is CCOC(=O)OC(C)C(NC(=O)C(Cc1ccccc1)C(N)S[S+](CCCCS(C)=O)C(=O)OC(C)(C)C)C(=O)[O-]. The second kappa shape index (κ2) is 18.3. The number of nitrogens with one attached hydrogen (secondary N) is 1. The summed E-state index contributed by atoms with van der Waals surface area (Å²) in [7, 11) is -0.927. The van der Waals surface area contributed by atoms with Crippen molar-refractivity contribution in [1.82, 2.24) is 5.32 Å². The summed E-state index contributed by atoms with van der Waals surface area (Å²) in [5, 5.41) is 12.9. The van der Waals surface area contributed by atoms with E-state index in [9.17, 15) is 28.5 Å².